The summed E-state index contributed by atoms with van der Waals surface area (Å²) in [6.07, 6.45) is 12.4. The van der Waals surface area contributed by atoms with Crippen LogP contribution in [-0.2, 0) is 0 Å². The lowest BCUT2D eigenvalue weighted by atomic mass is 9.83. The lowest BCUT2D eigenvalue weighted by Gasteiger charge is -2.40. The number of hydrogen-bond donors (Lipinski definition) is 1. The van der Waals surface area contributed by atoms with Gasteiger partial charge < -0.3 is 10.6 Å². The minimum absolute atomic E-state index is 0.480. The van der Waals surface area contributed by atoms with Gasteiger partial charge in [0, 0.05) is 18.6 Å². The zero-order valence-corrected chi connectivity index (χ0v) is 11.5. The van der Waals surface area contributed by atoms with Gasteiger partial charge in [-0.2, -0.15) is 0 Å². The molecule has 17 heavy (non-hydrogen) atoms. The van der Waals surface area contributed by atoms with E-state index in [2.05, 4.69) is 11.8 Å². The quantitative estimate of drug-likeness (QED) is 0.815. The van der Waals surface area contributed by atoms with Crippen molar-refractivity contribution >= 4 is 0 Å². The second-order valence-corrected chi connectivity index (χ2v) is 6.14. The molecule has 1 saturated heterocycles. The maximum atomic E-state index is 6.29. The second kappa shape index (κ2) is 6.75. The van der Waals surface area contributed by atoms with Gasteiger partial charge in [0.25, 0.3) is 0 Å². The number of rotatable bonds is 4. The molecule has 2 heteroatoms. The van der Waals surface area contributed by atoms with E-state index in [4.69, 9.17) is 5.73 Å². The van der Waals surface area contributed by atoms with E-state index in [1.165, 1.54) is 70.9 Å². The number of piperidine rings is 1. The van der Waals surface area contributed by atoms with E-state index >= 15 is 0 Å². The number of nitrogens with two attached hydrogens (primary N) is 1. The molecule has 0 radical (unpaired) electrons. The Hall–Kier alpha value is -0.0800. The predicted octanol–water partition coefficient (Wildman–Crippen LogP) is 3.16. The molecule has 0 amide bonds. The Morgan fingerprint density at radius 3 is 2.59 bits per heavy atom. The summed E-state index contributed by atoms with van der Waals surface area (Å²) >= 11 is 0. The third-order valence-corrected chi connectivity index (χ3v) is 4.81. The Balaban J connectivity index is 1.85. The van der Waals surface area contributed by atoms with Crippen LogP contribution in [0.1, 0.15) is 64.7 Å². The molecule has 1 aliphatic heterocycles. The van der Waals surface area contributed by atoms with Crippen LogP contribution in [0.15, 0.2) is 0 Å². The van der Waals surface area contributed by atoms with Crippen molar-refractivity contribution in [1.29, 1.82) is 0 Å². The molecule has 0 aromatic heterocycles. The van der Waals surface area contributed by atoms with Gasteiger partial charge in [0.1, 0.15) is 0 Å². The van der Waals surface area contributed by atoms with E-state index in [0.717, 1.165) is 12.0 Å². The van der Waals surface area contributed by atoms with Crippen LogP contribution in [0.4, 0.5) is 0 Å². The molecule has 100 valence electrons. The van der Waals surface area contributed by atoms with Gasteiger partial charge in [-0.15, -0.1) is 0 Å². The minimum Gasteiger partial charge on any atom is -0.327 e. The van der Waals surface area contributed by atoms with Crippen molar-refractivity contribution in [3.05, 3.63) is 0 Å². The van der Waals surface area contributed by atoms with E-state index in [-0.39, 0.29) is 0 Å². The summed E-state index contributed by atoms with van der Waals surface area (Å²) in [7, 11) is 0. The summed E-state index contributed by atoms with van der Waals surface area (Å²) in [4.78, 5) is 2.77. The summed E-state index contributed by atoms with van der Waals surface area (Å²) in [5.41, 5.74) is 6.29. The summed E-state index contributed by atoms with van der Waals surface area (Å²) in [6, 6.07) is 1.34. The fourth-order valence-electron chi connectivity index (χ4n) is 3.72. The molecular weight excluding hydrogens is 208 g/mol. The molecule has 0 aromatic carbocycles. The van der Waals surface area contributed by atoms with Crippen molar-refractivity contribution < 1.29 is 0 Å². The Bertz CT molecular complexity index is 215. The van der Waals surface area contributed by atoms with Gasteiger partial charge in [0.15, 0.2) is 0 Å². The first kappa shape index (κ1) is 13.4. The Labute approximate surface area is 107 Å². The highest BCUT2D eigenvalue weighted by molar-refractivity contribution is 4.84. The van der Waals surface area contributed by atoms with E-state index in [1.807, 2.05) is 0 Å². The average molecular weight is 238 g/mol. The van der Waals surface area contributed by atoms with E-state index in [9.17, 15) is 0 Å². The molecule has 3 unspecified atom stereocenters. The van der Waals surface area contributed by atoms with Gasteiger partial charge >= 0.3 is 0 Å². The van der Waals surface area contributed by atoms with Crippen LogP contribution in [0.5, 0.6) is 0 Å². The van der Waals surface area contributed by atoms with Crippen LogP contribution in [0.3, 0.4) is 0 Å². The molecule has 2 nitrogen and oxygen atoms in total. The molecule has 2 N–H and O–H groups in total. The van der Waals surface area contributed by atoms with Crippen molar-refractivity contribution in [2.24, 2.45) is 11.7 Å². The predicted molar refractivity (Wildman–Crippen MR) is 74.1 cm³/mol. The molecule has 0 bridgehead atoms. The zero-order chi connectivity index (χ0) is 12.1. The third-order valence-electron chi connectivity index (χ3n) is 4.81. The van der Waals surface area contributed by atoms with Gasteiger partial charge in [-0.3, -0.25) is 0 Å². The van der Waals surface area contributed by atoms with Crippen molar-refractivity contribution in [2.45, 2.75) is 76.8 Å². The van der Waals surface area contributed by atoms with Crippen molar-refractivity contribution in [3.8, 4) is 0 Å². The highest BCUT2D eigenvalue weighted by Crippen LogP contribution is 2.27. The number of likely N-dealkylation sites (tertiary alicyclic amines) is 1. The van der Waals surface area contributed by atoms with Gasteiger partial charge in [-0.1, -0.05) is 32.6 Å². The molecule has 3 atom stereocenters. The smallest absolute Gasteiger partial charge is 0.00952 e. The molecular formula is C15H30N2. The first-order chi connectivity index (χ1) is 8.31. The Morgan fingerprint density at radius 1 is 1.06 bits per heavy atom. The first-order valence-corrected chi connectivity index (χ1v) is 7.81. The lowest BCUT2D eigenvalue weighted by molar-refractivity contribution is 0.0999. The van der Waals surface area contributed by atoms with Crippen LogP contribution in [0, 0.1) is 5.92 Å². The summed E-state index contributed by atoms with van der Waals surface area (Å²) in [6.45, 7) is 4.93. The molecule has 2 rings (SSSR count). The molecule has 2 aliphatic rings. The van der Waals surface area contributed by atoms with Crippen LogP contribution in [-0.4, -0.2) is 30.1 Å². The first-order valence-electron chi connectivity index (χ1n) is 7.81. The van der Waals surface area contributed by atoms with E-state index in [1.54, 1.807) is 0 Å². The molecule has 1 heterocycles. The molecule has 2 fully saturated rings. The average Bonchev–Trinajstić information content (AvgIpc) is 2.35. The minimum atomic E-state index is 0.480. The third kappa shape index (κ3) is 3.69. The van der Waals surface area contributed by atoms with Crippen LogP contribution < -0.4 is 5.73 Å². The van der Waals surface area contributed by atoms with Gasteiger partial charge in [-0.25, -0.2) is 0 Å². The summed E-state index contributed by atoms with van der Waals surface area (Å²) in [5.74, 6) is 0.779. The maximum absolute atomic E-state index is 6.29. The van der Waals surface area contributed by atoms with Crippen LogP contribution in [0.2, 0.25) is 0 Å². The SMILES string of the molecule is CCCC1CCCCN1CC1CCCCC1N. The second-order valence-electron chi connectivity index (χ2n) is 6.14. The molecule has 0 aromatic rings. The zero-order valence-electron chi connectivity index (χ0n) is 11.5. The highest BCUT2D eigenvalue weighted by atomic mass is 15.2. The van der Waals surface area contributed by atoms with Crippen LogP contribution >= 0.6 is 0 Å². The largest absolute Gasteiger partial charge is 0.327 e. The lowest BCUT2D eigenvalue weighted by Crippen LogP contribution is -2.47. The van der Waals surface area contributed by atoms with Crippen molar-refractivity contribution in [3.63, 3.8) is 0 Å². The maximum Gasteiger partial charge on any atom is 0.00952 e. The highest BCUT2D eigenvalue weighted by Gasteiger charge is 2.28. The Morgan fingerprint density at radius 2 is 1.82 bits per heavy atom. The van der Waals surface area contributed by atoms with Gasteiger partial charge in [0.2, 0.25) is 0 Å². The van der Waals surface area contributed by atoms with Crippen LogP contribution in [0.25, 0.3) is 0 Å². The molecule has 1 saturated carbocycles. The fraction of sp³-hybridized carbons (Fsp3) is 1.00. The Kier molecular flexibility index (Phi) is 5.30. The summed E-state index contributed by atoms with van der Waals surface area (Å²) < 4.78 is 0. The van der Waals surface area contributed by atoms with E-state index in [0.29, 0.717) is 6.04 Å². The number of hydrogen-bond acceptors (Lipinski definition) is 2. The van der Waals surface area contributed by atoms with Gasteiger partial charge in [-0.05, 0) is 44.6 Å². The topological polar surface area (TPSA) is 29.3 Å². The monoisotopic (exact) mass is 238 g/mol. The number of nitrogens with zero attached hydrogens (tertiary/aromatic N) is 1. The normalized spacial score (nSPS) is 36.0. The summed E-state index contributed by atoms with van der Waals surface area (Å²) in [5, 5.41) is 0. The van der Waals surface area contributed by atoms with Crippen molar-refractivity contribution in [2.75, 3.05) is 13.1 Å². The standard InChI is InChI=1S/C15H30N2/c1-2-7-14-9-5-6-11-17(14)12-13-8-3-4-10-15(13)16/h13-15H,2-12,16H2,1H3. The van der Waals surface area contributed by atoms with Crippen molar-refractivity contribution in [1.82, 2.24) is 4.90 Å². The molecule has 1 aliphatic carbocycles. The fourth-order valence-corrected chi connectivity index (χ4v) is 3.72. The molecule has 0 spiro atoms. The van der Waals surface area contributed by atoms with Gasteiger partial charge in [0.05, 0.1) is 0 Å². The van der Waals surface area contributed by atoms with E-state index < -0.39 is 0 Å².